The Hall–Kier alpha value is -3.48. The Balaban J connectivity index is 1.73. The largest absolute Gasteiger partial charge is 0.507 e. The van der Waals surface area contributed by atoms with E-state index in [1.807, 2.05) is 0 Å². The highest BCUT2D eigenvalue weighted by Gasteiger charge is 2.11. The summed E-state index contributed by atoms with van der Waals surface area (Å²) < 4.78 is 19.7. The van der Waals surface area contributed by atoms with Gasteiger partial charge >= 0.3 is 6.09 Å². The molecule has 1 heterocycles. The first-order valence-electron chi connectivity index (χ1n) is 7.80. The van der Waals surface area contributed by atoms with Crippen LogP contribution in [0.15, 0.2) is 65.1 Å². The molecule has 6 nitrogen and oxygen atoms in total. The maximum atomic E-state index is 13.5. The highest BCUT2D eigenvalue weighted by molar-refractivity contribution is 5.74. The fourth-order valence-electron chi connectivity index (χ4n) is 2.34. The van der Waals surface area contributed by atoms with Gasteiger partial charge in [-0.25, -0.2) is 9.18 Å². The molecule has 0 bridgehead atoms. The lowest BCUT2D eigenvalue weighted by Crippen LogP contribution is -2.15. The number of azo groups is 1. The minimum atomic E-state index is -0.757. The van der Waals surface area contributed by atoms with Gasteiger partial charge in [-0.05, 0) is 55.3 Å². The molecule has 1 N–H and O–H groups in total. The van der Waals surface area contributed by atoms with Crippen LogP contribution >= 0.6 is 0 Å². The van der Waals surface area contributed by atoms with Crippen LogP contribution in [0.1, 0.15) is 11.1 Å². The summed E-state index contributed by atoms with van der Waals surface area (Å²) in [7, 11) is 0. The number of rotatable bonds is 3. The fraction of sp³-hybridized carbons (Fsp3) is 0.105. The van der Waals surface area contributed by atoms with Crippen LogP contribution in [0.2, 0.25) is 0 Å². The second-order valence-corrected chi connectivity index (χ2v) is 5.70. The molecule has 26 heavy (non-hydrogen) atoms. The number of hydrogen-bond donors (Lipinski definition) is 1. The molecule has 0 fully saturated rings. The van der Waals surface area contributed by atoms with E-state index in [2.05, 4.69) is 10.2 Å². The van der Waals surface area contributed by atoms with Crippen molar-refractivity contribution in [3.05, 3.63) is 71.8 Å². The zero-order valence-corrected chi connectivity index (χ0v) is 14.2. The molecule has 0 aliphatic heterocycles. The number of phenols is 1. The number of carbonyl (C=O) groups excluding carboxylic acids is 1. The molecule has 132 valence electrons. The second-order valence-electron chi connectivity index (χ2n) is 5.70. The van der Waals surface area contributed by atoms with Crippen molar-refractivity contribution < 1.29 is 19.0 Å². The summed E-state index contributed by atoms with van der Waals surface area (Å²) >= 11 is 0. The number of aromatic hydroxyl groups is 1. The minimum Gasteiger partial charge on any atom is -0.507 e. The lowest BCUT2D eigenvalue weighted by atomic mass is 10.1. The third-order valence-electron chi connectivity index (χ3n) is 3.68. The first-order chi connectivity index (χ1) is 12.4. The van der Waals surface area contributed by atoms with Gasteiger partial charge in [-0.1, -0.05) is 12.1 Å². The van der Waals surface area contributed by atoms with Gasteiger partial charge in [0.05, 0.1) is 5.69 Å². The van der Waals surface area contributed by atoms with Crippen LogP contribution in [0, 0.1) is 19.7 Å². The standard InChI is InChI=1S/C19H16FN3O3/c1-12-9-15(10-13(2)18(12)24)22-21-14-7-8-23(11-14)19(25)26-17-6-4-3-5-16(17)20/h3-11,24H,1-2H3/b22-21+. The summed E-state index contributed by atoms with van der Waals surface area (Å²) in [6.45, 7) is 3.55. The van der Waals surface area contributed by atoms with Crippen molar-refractivity contribution in [2.45, 2.75) is 13.8 Å². The molecule has 2 aromatic carbocycles. The van der Waals surface area contributed by atoms with Gasteiger partial charge < -0.3 is 9.84 Å². The van der Waals surface area contributed by atoms with Gasteiger partial charge in [0, 0.05) is 12.4 Å². The maximum Gasteiger partial charge on any atom is 0.423 e. The van der Waals surface area contributed by atoms with Crippen molar-refractivity contribution in [2.24, 2.45) is 10.2 Å². The van der Waals surface area contributed by atoms with Crippen molar-refractivity contribution in [1.82, 2.24) is 4.57 Å². The molecule has 0 amide bonds. The number of ether oxygens (including phenoxy) is 1. The van der Waals surface area contributed by atoms with E-state index in [9.17, 15) is 14.3 Å². The van der Waals surface area contributed by atoms with E-state index >= 15 is 0 Å². The van der Waals surface area contributed by atoms with E-state index in [4.69, 9.17) is 4.74 Å². The molecule has 3 aromatic rings. The maximum absolute atomic E-state index is 13.5. The molecular weight excluding hydrogens is 337 g/mol. The monoisotopic (exact) mass is 353 g/mol. The molecule has 0 aliphatic carbocycles. The fourth-order valence-corrected chi connectivity index (χ4v) is 2.34. The van der Waals surface area contributed by atoms with Crippen molar-refractivity contribution in [1.29, 1.82) is 0 Å². The summed E-state index contributed by atoms with van der Waals surface area (Å²) in [5.74, 6) is -0.540. The Morgan fingerprint density at radius 3 is 2.42 bits per heavy atom. The first kappa shape index (κ1) is 17.3. The van der Waals surface area contributed by atoms with Crippen molar-refractivity contribution in [2.75, 3.05) is 0 Å². The van der Waals surface area contributed by atoms with E-state index in [1.54, 1.807) is 38.1 Å². The van der Waals surface area contributed by atoms with E-state index in [0.717, 1.165) is 4.57 Å². The number of nitrogens with zero attached hydrogens (tertiary/aromatic N) is 3. The SMILES string of the molecule is Cc1cc(/N=N/c2ccn(C(=O)Oc3ccccc3F)c2)cc(C)c1O. The number of hydrogen-bond acceptors (Lipinski definition) is 5. The molecule has 0 saturated heterocycles. The highest BCUT2D eigenvalue weighted by Crippen LogP contribution is 2.28. The molecule has 7 heteroatoms. The van der Waals surface area contributed by atoms with Gasteiger partial charge in [-0.3, -0.25) is 4.57 Å². The van der Waals surface area contributed by atoms with Crippen LogP contribution in [0.5, 0.6) is 11.5 Å². The highest BCUT2D eigenvalue weighted by atomic mass is 19.1. The summed E-state index contributed by atoms with van der Waals surface area (Å²) in [4.78, 5) is 12.1. The molecule has 0 radical (unpaired) electrons. The molecule has 0 spiro atoms. The quantitative estimate of drug-likeness (QED) is 0.639. The Labute approximate surface area is 149 Å². The summed E-state index contributed by atoms with van der Waals surface area (Å²) in [6, 6.07) is 10.6. The smallest absolute Gasteiger partial charge is 0.423 e. The minimum absolute atomic E-state index is 0.149. The van der Waals surface area contributed by atoms with Gasteiger partial charge in [-0.15, -0.1) is 5.11 Å². The zero-order chi connectivity index (χ0) is 18.7. The van der Waals surface area contributed by atoms with Gasteiger partial charge in [-0.2, -0.15) is 5.11 Å². The number of phenolic OH excluding ortho intramolecular Hbond substituents is 1. The van der Waals surface area contributed by atoms with Gasteiger partial charge in [0.1, 0.15) is 11.4 Å². The van der Waals surface area contributed by atoms with Crippen molar-refractivity contribution >= 4 is 17.5 Å². The van der Waals surface area contributed by atoms with Crippen LogP contribution in [0.25, 0.3) is 0 Å². The number of para-hydroxylation sites is 1. The van der Waals surface area contributed by atoms with Gasteiger partial charge in [0.2, 0.25) is 0 Å². The van der Waals surface area contributed by atoms with Crippen LogP contribution in [-0.4, -0.2) is 15.8 Å². The normalized spacial score (nSPS) is 11.0. The topological polar surface area (TPSA) is 76.2 Å². The molecule has 0 saturated carbocycles. The predicted molar refractivity (Wildman–Crippen MR) is 94.0 cm³/mol. The molecule has 0 aliphatic rings. The molecule has 0 atom stereocenters. The number of benzene rings is 2. The Kier molecular flexibility index (Phi) is 4.79. The van der Waals surface area contributed by atoms with Crippen LogP contribution in [-0.2, 0) is 0 Å². The summed E-state index contributed by atoms with van der Waals surface area (Å²) in [5, 5.41) is 17.9. The third kappa shape index (κ3) is 3.77. The molecule has 3 rings (SSSR count). The predicted octanol–water partition coefficient (Wildman–Crippen LogP) is 5.41. The van der Waals surface area contributed by atoms with Crippen LogP contribution in [0.4, 0.5) is 20.6 Å². The first-order valence-corrected chi connectivity index (χ1v) is 7.80. The number of aromatic nitrogens is 1. The third-order valence-corrected chi connectivity index (χ3v) is 3.68. The molecule has 1 aromatic heterocycles. The lowest BCUT2D eigenvalue weighted by Gasteiger charge is -2.04. The zero-order valence-electron chi connectivity index (χ0n) is 14.2. The van der Waals surface area contributed by atoms with E-state index < -0.39 is 11.9 Å². The number of aryl methyl sites for hydroxylation is 2. The van der Waals surface area contributed by atoms with E-state index in [1.165, 1.54) is 30.6 Å². The molecule has 0 unspecified atom stereocenters. The van der Waals surface area contributed by atoms with Crippen LogP contribution < -0.4 is 4.74 Å². The van der Waals surface area contributed by atoms with E-state index in [-0.39, 0.29) is 11.5 Å². The summed E-state index contributed by atoms with van der Waals surface area (Å²) in [5.41, 5.74) is 2.41. The second kappa shape index (κ2) is 7.18. The van der Waals surface area contributed by atoms with Crippen LogP contribution in [0.3, 0.4) is 0 Å². The average molecular weight is 353 g/mol. The average Bonchev–Trinajstić information content (AvgIpc) is 3.09. The Morgan fingerprint density at radius 1 is 1.08 bits per heavy atom. The van der Waals surface area contributed by atoms with E-state index in [0.29, 0.717) is 22.5 Å². The Bertz CT molecular complexity index is 972. The van der Waals surface area contributed by atoms with Gasteiger partial charge in [0.25, 0.3) is 0 Å². The van der Waals surface area contributed by atoms with Crippen molar-refractivity contribution in [3.8, 4) is 11.5 Å². The Morgan fingerprint density at radius 2 is 1.73 bits per heavy atom. The van der Waals surface area contributed by atoms with Gasteiger partial charge in [0.15, 0.2) is 11.6 Å². The lowest BCUT2D eigenvalue weighted by molar-refractivity contribution is 0.200. The molecular formula is C19H16FN3O3. The number of halogens is 1. The summed E-state index contributed by atoms with van der Waals surface area (Å²) in [6.07, 6.45) is 2.12. The van der Waals surface area contributed by atoms with Crippen molar-refractivity contribution in [3.63, 3.8) is 0 Å². The number of carbonyl (C=O) groups is 1.